The summed E-state index contributed by atoms with van der Waals surface area (Å²) in [4.78, 5) is 24.9. The van der Waals surface area contributed by atoms with Crippen LogP contribution in [0.25, 0.3) is 0 Å². The van der Waals surface area contributed by atoms with Gasteiger partial charge in [-0.15, -0.1) is 0 Å². The first kappa shape index (κ1) is 24.0. The molecule has 0 saturated heterocycles. The van der Waals surface area contributed by atoms with Crippen molar-refractivity contribution >= 4 is 43.1 Å². The normalized spacial score (nSPS) is 12.3. The summed E-state index contributed by atoms with van der Waals surface area (Å²) in [6, 6.07) is 9.48. The third-order valence-electron chi connectivity index (χ3n) is 4.07. The van der Waals surface area contributed by atoms with E-state index < -0.39 is 26.9 Å². The summed E-state index contributed by atoms with van der Waals surface area (Å²) in [5.74, 6) is -0.426. The molecule has 10 heteroatoms. The number of nitrogens with one attached hydrogen (secondary N) is 2. The predicted octanol–water partition coefficient (Wildman–Crippen LogP) is 3.14. The first-order valence-corrected chi connectivity index (χ1v) is 11.7. The molecule has 0 fully saturated rings. The van der Waals surface area contributed by atoms with Crippen LogP contribution in [-0.4, -0.2) is 39.4 Å². The molecule has 2 N–H and O–H groups in total. The fourth-order valence-corrected chi connectivity index (χ4v) is 3.64. The van der Waals surface area contributed by atoms with Crippen molar-refractivity contribution in [2.75, 3.05) is 7.05 Å². The average molecular weight is 473 g/mol. The number of halogens is 2. The van der Waals surface area contributed by atoms with E-state index in [-0.39, 0.29) is 28.0 Å². The zero-order chi connectivity index (χ0) is 22.5. The molecule has 0 aromatic heterocycles. The maximum atomic E-state index is 12.6. The van der Waals surface area contributed by atoms with Crippen molar-refractivity contribution in [2.45, 2.75) is 37.3 Å². The van der Waals surface area contributed by atoms with Gasteiger partial charge < -0.3 is 15.4 Å². The summed E-state index contributed by atoms with van der Waals surface area (Å²) in [7, 11) is 2.93. The van der Waals surface area contributed by atoms with Gasteiger partial charge in [0.1, 0.15) is 11.8 Å². The lowest BCUT2D eigenvalue weighted by molar-refractivity contribution is -0.122. The van der Waals surface area contributed by atoms with Crippen LogP contribution in [0.5, 0.6) is 5.75 Å². The van der Waals surface area contributed by atoms with Gasteiger partial charge in [-0.1, -0.05) is 23.7 Å². The molecule has 0 heterocycles. The quantitative estimate of drug-likeness (QED) is 0.574. The highest BCUT2D eigenvalue weighted by Gasteiger charge is 2.22. The second kappa shape index (κ2) is 10.1. The molecular formula is C20H22Cl2N2O5S. The molecule has 0 radical (unpaired) electrons. The lowest BCUT2D eigenvalue weighted by Gasteiger charge is -2.18. The van der Waals surface area contributed by atoms with Gasteiger partial charge in [-0.25, -0.2) is 8.42 Å². The van der Waals surface area contributed by atoms with Gasteiger partial charge in [0, 0.05) is 29.7 Å². The zero-order valence-electron chi connectivity index (χ0n) is 16.6. The molecule has 2 rings (SSSR count). The van der Waals surface area contributed by atoms with Crippen molar-refractivity contribution < 1.29 is 22.7 Å². The second-order valence-electron chi connectivity index (χ2n) is 6.74. The Labute approximate surface area is 185 Å². The standard InChI is InChI=1S/C20H22Cl2N2O5S/c1-12(2)29-18-9-6-14(11-16(18)21)19(25)24-17(20(26)23-3)10-13-4-7-15(8-5-13)30(22,27)28/h4-9,11-12,17H,10H2,1-3H3,(H,23,26)(H,24,25). The van der Waals surface area contributed by atoms with Crippen molar-refractivity contribution in [3.8, 4) is 5.75 Å². The van der Waals surface area contributed by atoms with Crippen LogP contribution >= 0.6 is 22.3 Å². The van der Waals surface area contributed by atoms with Gasteiger partial charge in [0.15, 0.2) is 0 Å². The molecule has 0 aliphatic rings. The van der Waals surface area contributed by atoms with E-state index in [1.165, 1.54) is 37.4 Å². The molecule has 2 aromatic carbocycles. The van der Waals surface area contributed by atoms with E-state index in [4.69, 9.17) is 27.0 Å². The average Bonchev–Trinajstić information content (AvgIpc) is 2.67. The fraction of sp³-hybridized carbons (Fsp3) is 0.300. The van der Waals surface area contributed by atoms with E-state index in [2.05, 4.69) is 10.6 Å². The summed E-state index contributed by atoms with van der Waals surface area (Å²) >= 11 is 6.18. The van der Waals surface area contributed by atoms with Crippen LogP contribution in [-0.2, 0) is 20.3 Å². The smallest absolute Gasteiger partial charge is 0.261 e. The van der Waals surface area contributed by atoms with Crippen LogP contribution in [0.4, 0.5) is 0 Å². The monoisotopic (exact) mass is 472 g/mol. The Morgan fingerprint density at radius 1 is 1.10 bits per heavy atom. The Morgan fingerprint density at radius 3 is 2.23 bits per heavy atom. The molecule has 1 unspecified atom stereocenters. The lowest BCUT2D eigenvalue weighted by Crippen LogP contribution is -2.47. The van der Waals surface area contributed by atoms with Crippen LogP contribution in [0.3, 0.4) is 0 Å². The molecule has 0 aliphatic carbocycles. The molecule has 30 heavy (non-hydrogen) atoms. The molecule has 2 aromatic rings. The van der Waals surface area contributed by atoms with E-state index in [0.29, 0.717) is 11.3 Å². The molecule has 162 valence electrons. The largest absolute Gasteiger partial charge is 0.489 e. The van der Waals surface area contributed by atoms with Gasteiger partial charge in [-0.2, -0.15) is 0 Å². The van der Waals surface area contributed by atoms with E-state index in [0.717, 1.165) is 0 Å². The van der Waals surface area contributed by atoms with E-state index in [1.54, 1.807) is 12.1 Å². The number of amides is 2. The van der Waals surface area contributed by atoms with Gasteiger partial charge in [0.25, 0.3) is 15.0 Å². The minimum absolute atomic E-state index is 0.0493. The fourth-order valence-electron chi connectivity index (χ4n) is 2.64. The summed E-state index contributed by atoms with van der Waals surface area (Å²) < 4.78 is 28.3. The summed E-state index contributed by atoms with van der Waals surface area (Å²) in [6.07, 6.45) is 0.0797. The highest BCUT2D eigenvalue weighted by Crippen LogP contribution is 2.26. The van der Waals surface area contributed by atoms with Crippen molar-refractivity contribution in [1.29, 1.82) is 0 Å². The molecule has 7 nitrogen and oxygen atoms in total. The number of rotatable bonds is 8. The van der Waals surface area contributed by atoms with Gasteiger partial charge >= 0.3 is 0 Å². The first-order chi connectivity index (χ1) is 14.0. The van der Waals surface area contributed by atoms with Crippen LogP contribution in [0.2, 0.25) is 5.02 Å². The molecule has 1 atom stereocenters. The van der Waals surface area contributed by atoms with Crippen molar-refractivity contribution in [3.63, 3.8) is 0 Å². The lowest BCUT2D eigenvalue weighted by atomic mass is 10.0. The van der Waals surface area contributed by atoms with Crippen LogP contribution in [0.1, 0.15) is 29.8 Å². The molecule has 0 saturated carbocycles. The van der Waals surface area contributed by atoms with Crippen LogP contribution < -0.4 is 15.4 Å². The number of ether oxygens (including phenoxy) is 1. The topological polar surface area (TPSA) is 102 Å². The zero-order valence-corrected chi connectivity index (χ0v) is 18.9. The highest BCUT2D eigenvalue weighted by molar-refractivity contribution is 8.13. The number of hydrogen-bond donors (Lipinski definition) is 2. The summed E-state index contributed by atoms with van der Waals surface area (Å²) in [5, 5.41) is 5.46. The Kier molecular flexibility index (Phi) is 8.11. The number of carbonyl (C=O) groups is 2. The van der Waals surface area contributed by atoms with Gasteiger partial charge in [-0.05, 0) is 49.7 Å². The molecule has 2 amide bonds. The number of likely N-dealkylation sites (N-methyl/N-ethyl adjacent to an activating group) is 1. The Hall–Kier alpha value is -2.29. The second-order valence-corrected chi connectivity index (χ2v) is 9.71. The van der Waals surface area contributed by atoms with E-state index >= 15 is 0 Å². The third kappa shape index (κ3) is 6.62. The maximum Gasteiger partial charge on any atom is 0.261 e. The first-order valence-electron chi connectivity index (χ1n) is 9.03. The van der Waals surface area contributed by atoms with Crippen molar-refractivity contribution in [3.05, 3.63) is 58.6 Å². The molecule has 0 spiro atoms. The maximum absolute atomic E-state index is 12.6. The number of benzene rings is 2. The predicted molar refractivity (Wildman–Crippen MR) is 116 cm³/mol. The van der Waals surface area contributed by atoms with Crippen LogP contribution in [0.15, 0.2) is 47.4 Å². The van der Waals surface area contributed by atoms with Crippen LogP contribution in [0, 0.1) is 0 Å². The van der Waals surface area contributed by atoms with E-state index in [9.17, 15) is 18.0 Å². The Morgan fingerprint density at radius 2 is 1.73 bits per heavy atom. The number of hydrogen-bond acceptors (Lipinski definition) is 5. The summed E-state index contributed by atoms with van der Waals surface area (Å²) in [5.41, 5.74) is 0.917. The van der Waals surface area contributed by atoms with Gasteiger partial charge in [0.2, 0.25) is 5.91 Å². The highest BCUT2D eigenvalue weighted by atomic mass is 35.7. The number of carbonyl (C=O) groups excluding carboxylic acids is 2. The van der Waals surface area contributed by atoms with E-state index in [1.807, 2.05) is 13.8 Å². The SMILES string of the molecule is CNC(=O)C(Cc1ccc(S(=O)(=O)Cl)cc1)NC(=O)c1ccc(OC(C)C)c(Cl)c1. The van der Waals surface area contributed by atoms with Crippen molar-refractivity contribution in [1.82, 2.24) is 10.6 Å². The Bertz CT molecular complexity index is 1020. The molecular weight excluding hydrogens is 451 g/mol. The minimum atomic E-state index is -3.84. The molecule has 0 bridgehead atoms. The van der Waals surface area contributed by atoms with Gasteiger partial charge in [-0.3, -0.25) is 9.59 Å². The summed E-state index contributed by atoms with van der Waals surface area (Å²) in [6.45, 7) is 3.72. The van der Waals surface area contributed by atoms with Crippen molar-refractivity contribution in [2.24, 2.45) is 0 Å². The Balaban J connectivity index is 2.17. The third-order valence-corrected chi connectivity index (χ3v) is 5.73. The minimum Gasteiger partial charge on any atom is -0.489 e. The molecule has 0 aliphatic heterocycles. The van der Waals surface area contributed by atoms with Gasteiger partial charge in [0.05, 0.1) is 16.0 Å².